The van der Waals surface area contributed by atoms with Crippen molar-refractivity contribution in [2.45, 2.75) is 11.4 Å². The SMILES string of the molecule is CS(=O)(=O)c1cc(C(=O)NCc2ccc(-n3cccn3)cc2)ccc1Cl. The summed E-state index contributed by atoms with van der Waals surface area (Å²) in [7, 11) is -3.50. The second-order valence-corrected chi connectivity index (χ2v) is 8.11. The summed E-state index contributed by atoms with van der Waals surface area (Å²) in [5.41, 5.74) is 2.06. The van der Waals surface area contributed by atoms with Gasteiger partial charge in [-0.3, -0.25) is 4.79 Å². The van der Waals surface area contributed by atoms with E-state index in [2.05, 4.69) is 10.4 Å². The molecular weight excluding hydrogens is 374 g/mol. The van der Waals surface area contributed by atoms with Gasteiger partial charge in [0.2, 0.25) is 0 Å². The van der Waals surface area contributed by atoms with Crippen molar-refractivity contribution >= 4 is 27.3 Å². The average molecular weight is 390 g/mol. The summed E-state index contributed by atoms with van der Waals surface area (Å²) in [5, 5.41) is 7.02. The van der Waals surface area contributed by atoms with E-state index in [4.69, 9.17) is 11.6 Å². The van der Waals surface area contributed by atoms with E-state index in [9.17, 15) is 13.2 Å². The summed E-state index contributed by atoms with van der Waals surface area (Å²) in [6, 6.07) is 13.6. The molecule has 1 aromatic heterocycles. The smallest absolute Gasteiger partial charge is 0.251 e. The molecule has 0 unspecified atom stereocenters. The molecule has 0 saturated heterocycles. The third-order valence-corrected chi connectivity index (χ3v) is 5.33. The van der Waals surface area contributed by atoms with Crippen molar-refractivity contribution < 1.29 is 13.2 Å². The maximum absolute atomic E-state index is 12.3. The molecule has 3 aromatic rings. The van der Waals surface area contributed by atoms with Crippen molar-refractivity contribution in [3.8, 4) is 5.69 Å². The number of rotatable bonds is 5. The lowest BCUT2D eigenvalue weighted by atomic mass is 10.2. The third-order valence-electron chi connectivity index (χ3n) is 3.75. The van der Waals surface area contributed by atoms with Crippen LogP contribution in [0.2, 0.25) is 5.02 Å². The van der Waals surface area contributed by atoms with Gasteiger partial charge in [-0.2, -0.15) is 5.10 Å². The number of hydrogen-bond acceptors (Lipinski definition) is 4. The minimum Gasteiger partial charge on any atom is -0.348 e. The Bertz CT molecular complexity index is 1030. The van der Waals surface area contributed by atoms with E-state index in [1.807, 2.05) is 36.5 Å². The van der Waals surface area contributed by atoms with Crippen LogP contribution in [0.15, 0.2) is 65.8 Å². The molecule has 6 nitrogen and oxygen atoms in total. The quantitative estimate of drug-likeness (QED) is 0.727. The first-order valence-electron chi connectivity index (χ1n) is 7.71. The zero-order valence-corrected chi connectivity index (χ0v) is 15.5. The van der Waals surface area contributed by atoms with Gasteiger partial charge < -0.3 is 5.32 Å². The molecule has 0 aliphatic rings. The summed E-state index contributed by atoms with van der Waals surface area (Å²) in [4.78, 5) is 12.2. The zero-order valence-electron chi connectivity index (χ0n) is 13.9. The second kappa shape index (κ2) is 7.31. The number of carbonyl (C=O) groups excluding carboxylic acids is 1. The van der Waals surface area contributed by atoms with E-state index in [0.29, 0.717) is 6.54 Å². The van der Waals surface area contributed by atoms with Gasteiger partial charge in [0.05, 0.1) is 15.6 Å². The third kappa shape index (κ3) is 4.12. The lowest BCUT2D eigenvalue weighted by molar-refractivity contribution is 0.0950. The lowest BCUT2D eigenvalue weighted by Crippen LogP contribution is -2.23. The Labute approximate surface area is 156 Å². The largest absolute Gasteiger partial charge is 0.348 e. The topological polar surface area (TPSA) is 81.1 Å². The van der Waals surface area contributed by atoms with E-state index >= 15 is 0 Å². The molecule has 0 fully saturated rings. The Hall–Kier alpha value is -2.64. The number of nitrogens with zero attached hydrogens (tertiary/aromatic N) is 2. The lowest BCUT2D eigenvalue weighted by Gasteiger charge is -2.09. The Kier molecular flexibility index (Phi) is 5.11. The number of sulfone groups is 1. The fraction of sp³-hybridized carbons (Fsp3) is 0.111. The van der Waals surface area contributed by atoms with Crippen LogP contribution in [0.25, 0.3) is 5.69 Å². The van der Waals surface area contributed by atoms with E-state index < -0.39 is 9.84 Å². The molecule has 26 heavy (non-hydrogen) atoms. The first kappa shape index (κ1) is 18.2. The van der Waals surface area contributed by atoms with Crippen molar-refractivity contribution in [1.82, 2.24) is 15.1 Å². The van der Waals surface area contributed by atoms with Gasteiger partial charge in [0, 0.05) is 30.8 Å². The fourth-order valence-corrected chi connectivity index (χ4v) is 3.70. The Morgan fingerprint density at radius 2 is 1.92 bits per heavy atom. The van der Waals surface area contributed by atoms with Crippen molar-refractivity contribution in [2.75, 3.05) is 6.26 Å². The Morgan fingerprint density at radius 3 is 2.54 bits per heavy atom. The number of amides is 1. The van der Waals surface area contributed by atoms with Crippen LogP contribution in [0.4, 0.5) is 0 Å². The second-order valence-electron chi connectivity index (χ2n) is 5.72. The highest BCUT2D eigenvalue weighted by Gasteiger charge is 2.15. The minimum absolute atomic E-state index is 0.0598. The first-order chi connectivity index (χ1) is 12.3. The Balaban J connectivity index is 1.69. The average Bonchev–Trinajstić information content (AvgIpc) is 3.14. The van der Waals surface area contributed by atoms with Crippen LogP contribution in [0.5, 0.6) is 0 Å². The zero-order chi connectivity index (χ0) is 18.7. The maximum atomic E-state index is 12.3. The fourth-order valence-electron chi connectivity index (χ4n) is 2.40. The normalized spacial score (nSPS) is 11.3. The minimum atomic E-state index is -3.50. The first-order valence-corrected chi connectivity index (χ1v) is 9.98. The number of aromatic nitrogens is 2. The molecule has 3 rings (SSSR count). The van der Waals surface area contributed by atoms with Crippen LogP contribution in [-0.4, -0.2) is 30.4 Å². The Morgan fingerprint density at radius 1 is 1.19 bits per heavy atom. The molecule has 8 heteroatoms. The highest BCUT2D eigenvalue weighted by atomic mass is 35.5. The van der Waals surface area contributed by atoms with Gasteiger partial charge in [0.1, 0.15) is 0 Å². The van der Waals surface area contributed by atoms with Crippen LogP contribution in [-0.2, 0) is 16.4 Å². The summed E-state index contributed by atoms with van der Waals surface area (Å²) in [5.74, 6) is -0.372. The molecule has 0 atom stereocenters. The van der Waals surface area contributed by atoms with E-state index in [1.54, 1.807) is 10.9 Å². The molecule has 0 spiro atoms. The van der Waals surface area contributed by atoms with Crippen molar-refractivity contribution in [3.05, 3.63) is 77.1 Å². The van der Waals surface area contributed by atoms with Crippen molar-refractivity contribution in [2.24, 2.45) is 0 Å². The molecule has 0 aliphatic heterocycles. The van der Waals surface area contributed by atoms with E-state index in [1.165, 1.54) is 18.2 Å². The van der Waals surface area contributed by atoms with Crippen LogP contribution >= 0.6 is 11.6 Å². The highest BCUT2D eigenvalue weighted by molar-refractivity contribution is 7.90. The molecule has 0 aliphatic carbocycles. The molecule has 1 N–H and O–H groups in total. The predicted octanol–water partition coefficient (Wildman–Crippen LogP) is 2.86. The van der Waals surface area contributed by atoms with Gasteiger partial charge in [0.25, 0.3) is 5.91 Å². The molecule has 1 heterocycles. The number of halogens is 1. The number of nitrogens with one attached hydrogen (secondary N) is 1. The van der Waals surface area contributed by atoms with E-state index in [-0.39, 0.29) is 21.4 Å². The predicted molar refractivity (Wildman–Crippen MR) is 99.3 cm³/mol. The molecule has 1 amide bonds. The van der Waals surface area contributed by atoms with E-state index in [0.717, 1.165) is 17.5 Å². The number of benzene rings is 2. The van der Waals surface area contributed by atoms with Gasteiger partial charge in [-0.15, -0.1) is 0 Å². The number of carbonyl (C=O) groups is 1. The van der Waals surface area contributed by atoms with Gasteiger partial charge in [-0.1, -0.05) is 23.7 Å². The van der Waals surface area contributed by atoms with Crippen LogP contribution in [0.1, 0.15) is 15.9 Å². The van der Waals surface area contributed by atoms with Crippen molar-refractivity contribution in [3.63, 3.8) is 0 Å². The van der Waals surface area contributed by atoms with Crippen LogP contribution in [0.3, 0.4) is 0 Å². The molecule has 0 radical (unpaired) electrons. The number of hydrogen-bond donors (Lipinski definition) is 1. The standard InChI is InChI=1S/C18H16ClN3O3S/c1-26(24,25)17-11-14(5-8-16(17)19)18(23)20-12-13-3-6-15(7-4-13)22-10-2-9-21-22/h2-11H,12H2,1H3,(H,20,23). The monoisotopic (exact) mass is 389 g/mol. The summed E-state index contributed by atoms with van der Waals surface area (Å²) in [6.07, 6.45) is 4.60. The summed E-state index contributed by atoms with van der Waals surface area (Å²) in [6.45, 7) is 0.315. The molecular formula is C18H16ClN3O3S. The maximum Gasteiger partial charge on any atom is 0.251 e. The molecule has 0 bridgehead atoms. The molecule has 134 valence electrons. The summed E-state index contributed by atoms with van der Waals surface area (Å²) >= 11 is 5.90. The summed E-state index contributed by atoms with van der Waals surface area (Å²) < 4.78 is 25.2. The van der Waals surface area contributed by atoms with Crippen molar-refractivity contribution in [1.29, 1.82) is 0 Å². The van der Waals surface area contributed by atoms with Gasteiger partial charge >= 0.3 is 0 Å². The van der Waals surface area contributed by atoms with Gasteiger partial charge in [-0.05, 0) is 42.0 Å². The van der Waals surface area contributed by atoms with Crippen LogP contribution in [0, 0.1) is 0 Å². The van der Waals surface area contributed by atoms with Gasteiger partial charge in [0.15, 0.2) is 9.84 Å². The van der Waals surface area contributed by atoms with Gasteiger partial charge in [-0.25, -0.2) is 13.1 Å². The molecule has 2 aromatic carbocycles. The highest BCUT2D eigenvalue weighted by Crippen LogP contribution is 2.22. The van der Waals surface area contributed by atoms with Crippen LogP contribution < -0.4 is 5.32 Å². The molecule has 0 saturated carbocycles.